The number of benzene rings is 3. The van der Waals surface area contributed by atoms with Gasteiger partial charge < -0.3 is 19.5 Å². The number of ether oxygens (including phenoxy) is 3. The van der Waals surface area contributed by atoms with Crippen LogP contribution in [-0.4, -0.2) is 20.8 Å². The summed E-state index contributed by atoms with van der Waals surface area (Å²) in [6.07, 6.45) is 0.874. The summed E-state index contributed by atoms with van der Waals surface area (Å²) in [7, 11) is 3.28. The van der Waals surface area contributed by atoms with Crippen molar-refractivity contribution >= 4 is 23.2 Å². The Balaban J connectivity index is 1.55. The largest absolute Gasteiger partial charge is 0.493 e. The second-order valence-corrected chi connectivity index (χ2v) is 7.53. The molecule has 0 saturated carbocycles. The predicted molar refractivity (Wildman–Crippen MR) is 122 cm³/mol. The molecular formula is C24H25Cl2NO3. The van der Waals surface area contributed by atoms with Gasteiger partial charge >= 0.3 is 0 Å². The van der Waals surface area contributed by atoms with Crippen LogP contribution in [0.3, 0.4) is 0 Å². The van der Waals surface area contributed by atoms with Crippen molar-refractivity contribution in [3.63, 3.8) is 0 Å². The minimum Gasteiger partial charge on any atom is -0.493 e. The van der Waals surface area contributed by atoms with Gasteiger partial charge in [-0.05, 0) is 48.9 Å². The molecule has 6 heteroatoms. The SMILES string of the molecule is COc1ccc(CCNCc2ccccc2OCc2c(Cl)cccc2Cl)cc1OC. The highest BCUT2D eigenvalue weighted by Crippen LogP contribution is 2.28. The van der Waals surface area contributed by atoms with Gasteiger partial charge in [0.2, 0.25) is 0 Å². The van der Waals surface area contributed by atoms with Crippen molar-refractivity contribution in [1.82, 2.24) is 5.32 Å². The summed E-state index contributed by atoms with van der Waals surface area (Å²) in [6, 6.07) is 19.4. The van der Waals surface area contributed by atoms with Crippen LogP contribution in [0.5, 0.6) is 17.2 Å². The summed E-state index contributed by atoms with van der Waals surface area (Å²) in [4.78, 5) is 0. The van der Waals surface area contributed by atoms with E-state index in [0.29, 0.717) is 23.2 Å². The topological polar surface area (TPSA) is 39.7 Å². The fourth-order valence-electron chi connectivity index (χ4n) is 3.10. The maximum absolute atomic E-state index is 6.24. The van der Waals surface area contributed by atoms with Gasteiger partial charge in [0, 0.05) is 27.7 Å². The predicted octanol–water partition coefficient (Wildman–Crippen LogP) is 5.92. The Morgan fingerprint density at radius 3 is 2.27 bits per heavy atom. The average Bonchev–Trinajstić information content (AvgIpc) is 2.77. The molecule has 0 spiro atoms. The number of methoxy groups -OCH3 is 2. The molecule has 158 valence electrons. The van der Waals surface area contributed by atoms with Crippen molar-refractivity contribution in [2.45, 2.75) is 19.6 Å². The molecule has 0 unspecified atom stereocenters. The molecule has 3 aromatic rings. The summed E-state index contributed by atoms with van der Waals surface area (Å²) in [6.45, 7) is 1.83. The molecule has 3 aromatic carbocycles. The summed E-state index contributed by atoms with van der Waals surface area (Å²) >= 11 is 12.5. The van der Waals surface area contributed by atoms with Crippen LogP contribution in [0, 0.1) is 0 Å². The molecule has 1 N–H and O–H groups in total. The molecular weight excluding hydrogens is 421 g/mol. The minimum atomic E-state index is 0.321. The van der Waals surface area contributed by atoms with Crippen LogP contribution in [0.15, 0.2) is 60.7 Å². The highest BCUT2D eigenvalue weighted by Gasteiger charge is 2.09. The Morgan fingerprint density at radius 1 is 0.800 bits per heavy atom. The van der Waals surface area contributed by atoms with Crippen molar-refractivity contribution in [1.29, 1.82) is 0 Å². The van der Waals surface area contributed by atoms with Crippen LogP contribution < -0.4 is 19.5 Å². The smallest absolute Gasteiger partial charge is 0.160 e. The van der Waals surface area contributed by atoms with E-state index in [1.54, 1.807) is 14.2 Å². The van der Waals surface area contributed by atoms with E-state index in [-0.39, 0.29) is 0 Å². The van der Waals surface area contributed by atoms with Crippen LogP contribution in [0.25, 0.3) is 0 Å². The van der Waals surface area contributed by atoms with E-state index in [1.165, 1.54) is 5.56 Å². The molecule has 0 aromatic heterocycles. The lowest BCUT2D eigenvalue weighted by molar-refractivity contribution is 0.302. The third-order valence-corrected chi connectivity index (χ3v) is 5.47. The maximum Gasteiger partial charge on any atom is 0.160 e. The van der Waals surface area contributed by atoms with E-state index in [1.807, 2.05) is 60.7 Å². The Kier molecular flexibility index (Phi) is 8.26. The standard InChI is InChI=1S/C24H25Cl2NO3/c1-28-23-11-10-17(14-24(23)29-2)12-13-27-15-18-6-3-4-9-22(18)30-16-19-20(25)7-5-8-21(19)26/h3-11,14,27H,12-13,15-16H2,1-2H3. The van der Waals surface area contributed by atoms with Crippen molar-refractivity contribution in [3.8, 4) is 17.2 Å². The zero-order chi connectivity index (χ0) is 21.3. The normalized spacial score (nSPS) is 10.7. The van der Waals surface area contributed by atoms with Gasteiger partial charge in [-0.25, -0.2) is 0 Å². The summed E-state index contributed by atoms with van der Waals surface area (Å²) in [5.41, 5.74) is 3.04. The number of rotatable bonds is 10. The third-order valence-electron chi connectivity index (χ3n) is 4.76. The fraction of sp³-hybridized carbons (Fsp3) is 0.250. The van der Waals surface area contributed by atoms with Crippen LogP contribution in [0.4, 0.5) is 0 Å². The maximum atomic E-state index is 6.24. The Hall–Kier alpha value is -2.40. The molecule has 0 radical (unpaired) electrons. The molecule has 0 atom stereocenters. The second kappa shape index (κ2) is 11.1. The van der Waals surface area contributed by atoms with Gasteiger partial charge in [-0.1, -0.05) is 53.5 Å². The van der Waals surface area contributed by atoms with Crippen LogP contribution in [0.2, 0.25) is 10.0 Å². The van der Waals surface area contributed by atoms with Gasteiger partial charge in [0.1, 0.15) is 12.4 Å². The quantitative estimate of drug-likeness (QED) is 0.393. The molecule has 3 rings (SSSR count). The molecule has 30 heavy (non-hydrogen) atoms. The average molecular weight is 446 g/mol. The van der Waals surface area contributed by atoms with Gasteiger partial charge in [0.25, 0.3) is 0 Å². The van der Waals surface area contributed by atoms with Crippen molar-refractivity contribution in [2.24, 2.45) is 0 Å². The lowest BCUT2D eigenvalue weighted by Crippen LogP contribution is -2.17. The third kappa shape index (κ3) is 5.82. The number of halogens is 2. The fourth-order valence-corrected chi connectivity index (χ4v) is 3.61. The number of hydrogen-bond donors (Lipinski definition) is 1. The molecule has 0 amide bonds. The van der Waals surface area contributed by atoms with Gasteiger partial charge in [-0.3, -0.25) is 0 Å². The first kappa shape index (κ1) is 22.3. The molecule has 0 bridgehead atoms. The molecule has 0 aliphatic rings. The lowest BCUT2D eigenvalue weighted by atomic mass is 10.1. The van der Waals surface area contributed by atoms with E-state index in [2.05, 4.69) is 5.32 Å². The zero-order valence-electron chi connectivity index (χ0n) is 17.1. The number of para-hydroxylation sites is 1. The molecule has 4 nitrogen and oxygen atoms in total. The van der Waals surface area contributed by atoms with Crippen LogP contribution in [0.1, 0.15) is 16.7 Å². The van der Waals surface area contributed by atoms with Crippen LogP contribution >= 0.6 is 23.2 Å². The van der Waals surface area contributed by atoms with Gasteiger partial charge in [-0.2, -0.15) is 0 Å². The number of nitrogens with one attached hydrogen (secondary N) is 1. The van der Waals surface area contributed by atoms with Crippen molar-refractivity contribution in [2.75, 3.05) is 20.8 Å². The van der Waals surface area contributed by atoms with E-state index in [9.17, 15) is 0 Å². The molecule has 0 aliphatic heterocycles. The van der Waals surface area contributed by atoms with Crippen molar-refractivity contribution in [3.05, 3.63) is 87.4 Å². The molecule has 0 heterocycles. The summed E-state index contributed by atoms with van der Waals surface area (Å²) in [5, 5.41) is 4.68. The monoisotopic (exact) mass is 445 g/mol. The van der Waals surface area contributed by atoms with Gasteiger partial charge in [0.15, 0.2) is 11.5 Å². The van der Waals surface area contributed by atoms with E-state index >= 15 is 0 Å². The first-order valence-electron chi connectivity index (χ1n) is 9.67. The molecule has 0 fully saturated rings. The Bertz CT molecular complexity index is 958. The van der Waals surface area contributed by atoms with E-state index < -0.39 is 0 Å². The first-order chi connectivity index (χ1) is 14.6. The number of hydrogen-bond acceptors (Lipinski definition) is 4. The van der Waals surface area contributed by atoms with Gasteiger partial charge in [0.05, 0.1) is 14.2 Å². The lowest BCUT2D eigenvalue weighted by Gasteiger charge is -2.14. The highest BCUT2D eigenvalue weighted by atomic mass is 35.5. The summed E-state index contributed by atoms with van der Waals surface area (Å²) in [5.74, 6) is 2.29. The first-order valence-corrected chi connectivity index (χ1v) is 10.4. The zero-order valence-corrected chi connectivity index (χ0v) is 18.6. The Morgan fingerprint density at radius 2 is 1.53 bits per heavy atom. The van der Waals surface area contributed by atoms with E-state index in [4.69, 9.17) is 37.4 Å². The Labute approximate surface area is 187 Å². The minimum absolute atomic E-state index is 0.321. The summed E-state index contributed by atoms with van der Waals surface area (Å²) < 4.78 is 16.7. The van der Waals surface area contributed by atoms with Gasteiger partial charge in [-0.15, -0.1) is 0 Å². The van der Waals surface area contributed by atoms with Crippen molar-refractivity contribution < 1.29 is 14.2 Å². The van der Waals surface area contributed by atoms with E-state index in [0.717, 1.165) is 41.3 Å². The second-order valence-electron chi connectivity index (χ2n) is 6.71. The molecule has 0 aliphatic carbocycles. The molecule has 0 saturated heterocycles. The highest BCUT2D eigenvalue weighted by molar-refractivity contribution is 6.35. The van der Waals surface area contributed by atoms with Crippen LogP contribution in [-0.2, 0) is 19.6 Å².